The van der Waals surface area contributed by atoms with Crippen LogP contribution in [-0.4, -0.2) is 33.6 Å². The van der Waals surface area contributed by atoms with E-state index < -0.39 is 23.7 Å². The quantitative estimate of drug-likeness (QED) is 0.798. The summed E-state index contributed by atoms with van der Waals surface area (Å²) in [5.41, 5.74) is 2.41. The molecule has 128 valence electrons. The Morgan fingerprint density at radius 1 is 1.46 bits per heavy atom. The summed E-state index contributed by atoms with van der Waals surface area (Å²) in [6.07, 6.45) is -0.905. The Morgan fingerprint density at radius 2 is 2.12 bits per heavy atom. The Bertz CT molecular complexity index is 708. The van der Waals surface area contributed by atoms with Crippen LogP contribution in [0.15, 0.2) is 18.2 Å². The van der Waals surface area contributed by atoms with Gasteiger partial charge in [0.2, 0.25) is 11.8 Å². The van der Waals surface area contributed by atoms with Crippen molar-refractivity contribution in [2.75, 3.05) is 0 Å². The van der Waals surface area contributed by atoms with Crippen molar-refractivity contribution < 1.29 is 19.4 Å². The monoisotopic (exact) mass is 331 g/mol. The topological polar surface area (TPSA) is 103 Å². The van der Waals surface area contributed by atoms with E-state index in [4.69, 9.17) is 10.00 Å². The Kier molecular flexibility index (Phi) is 4.81. The molecule has 0 saturated carbocycles. The molecule has 0 saturated heterocycles. The highest BCUT2D eigenvalue weighted by atomic mass is 16.5. The van der Waals surface area contributed by atoms with Gasteiger partial charge in [-0.15, -0.1) is 0 Å². The summed E-state index contributed by atoms with van der Waals surface area (Å²) in [4.78, 5) is 23.9. The van der Waals surface area contributed by atoms with Crippen LogP contribution in [0.1, 0.15) is 51.3 Å². The van der Waals surface area contributed by atoms with Gasteiger partial charge in [0.25, 0.3) is 0 Å². The number of aliphatic hydroxyl groups is 1. The standard InChI is InChI=1S/C17H21N3O4/c1-5-14(22)19-20(10(2)21)15-12-8-11(9-18)6-7-13(12)24-17(3,4)16(15)23/h6-8,15-16,23H,5H2,1-4H3,(H,19,22). The minimum absolute atomic E-state index is 0.192. The molecule has 0 radical (unpaired) electrons. The van der Waals surface area contributed by atoms with Gasteiger partial charge in [0.05, 0.1) is 11.6 Å². The van der Waals surface area contributed by atoms with Crippen LogP contribution < -0.4 is 10.2 Å². The number of ether oxygens (including phenoxy) is 1. The molecule has 1 aromatic rings. The van der Waals surface area contributed by atoms with E-state index in [1.165, 1.54) is 6.92 Å². The molecule has 7 nitrogen and oxygen atoms in total. The largest absolute Gasteiger partial charge is 0.485 e. The number of hydrogen-bond donors (Lipinski definition) is 2. The van der Waals surface area contributed by atoms with Gasteiger partial charge in [-0.2, -0.15) is 5.26 Å². The Hall–Kier alpha value is -2.59. The highest BCUT2D eigenvalue weighted by molar-refractivity contribution is 5.81. The van der Waals surface area contributed by atoms with Gasteiger partial charge in [-0.25, -0.2) is 5.01 Å². The van der Waals surface area contributed by atoms with Gasteiger partial charge in [-0.1, -0.05) is 6.92 Å². The van der Waals surface area contributed by atoms with E-state index in [9.17, 15) is 14.7 Å². The van der Waals surface area contributed by atoms with E-state index in [1.807, 2.05) is 6.07 Å². The summed E-state index contributed by atoms with van der Waals surface area (Å²) in [5, 5.41) is 21.0. The summed E-state index contributed by atoms with van der Waals surface area (Å²) < 4.78 is 5.81. The third kappa shape index (κ3) is 3.19. The first-order chi connectivity index (χ1) is 11.2. The number of carbonyl (C=O) groups excluding carboxylic acids is 2. The van der Waals surface area contributed by atoms with Crippen LogP contribution in [-0.2, 0) is 9.59 Å². The molecule has 2 rings (SSSR count). The minimum atomic E-state index is -1.10. The maximum atomic E-state index is 12.1. The first kappa shape index (κ1) is 17.8. The summed E-state index contributed by atoms with van der Waals surface area (Å²) >= 11 is 0. The second kappa shape index (κ2) is 6.49. The van der Waals surface area contributed by atoms with Crippen molar-refractivity contribution in [2.24, 2.45) is 0 Å². The van der Waals surface area contributed by atoms with Gasteiger partial charge < -0.3 is 9.84 Å². The fourth-order valence-electron chi connectivity index (χ4n) is 2.67. The lowest BCUT2D eigenvalue weighted by Gasteiger charge is -2.45. The zero-order valence-corrected chi connectivity index (χ0v) is 14.2. The number of amides is 2. The Labute approximate surface area is 140 Å². The van der Waals surface area contributed by atoms with Gasteiger partial charge in [0, 0.05) is 18.9 Å². The van der Waals surface area contributed by atoms with Gasteiger partial charge >= 0.3 is 0 Å². The van der Waals surface area contributed by atoms with Crippen molar-refractivity contribution >= 4 is 11.8 Å². The maximum absolute atomic E-state index is 12.1. The number of hydrogen-bond acceptors (Lipinski definition) is 5. The number of nitrogens with zero attached hydrogens (tertiary/aromatic N) is 2. The molecule has 24 heavy (non-hydrogen) atoms. The number of fused-ring (bicyclic) bond motifs is 1. The summed E-state index contributed by atoms with van der Waals surface area (Å²) in [6, 6.07) is 5.97. The van der Waals surface area contributed by atoms with E-state index in [-0.39, 0.29) is 12.3 Å². The van der Waals surface area contributed by atoms with Crippen molar-refractivity contribution in [1.29, 1.82) is 5.26 Å². The molecule has 1 aromatic carbocycles. The smallest absolute Gasteiger partial charge is 0.238 e. The molecular weight excluding hydrogens is 310 g/mol. The van der Waals surface area contributed by atoms with Crippen molar-refractivity contribution in [3.8, 4) is 11.8 Å². The third-order valence-corrected chi connectivity index (χ3v) is 4.03. The fraction of sp³-hybridized carbons (Fsp3) is 0.471. The van der Waals surface area contributed by atoms with Gasteiger partial charge in [-0.05, 0) is 32.0 Å². The van der Waals surface area contributed by atoms with Crippen molar-refractivity contribution in [2.45, 2.75) is 51.9 Å². The predicted octanol–water partition coefficient (Wildman–Crippen LogP) is 1.42. The van der Waals surface area contributed by atoms with Crippen LogP contribution in [0.25, 0.3) is 0 Å². The molecule has 2 atom stereocenters. The summed E-state index contributed by atoms with van der Waals surface area (Å²) in [5.74, 6) is -0.308. The summed E-state index contributed by atoms with van der Waals surface area (Å²) in [6.45, 7) is 6.37. The Morgan fingerprint density at radius 3 is 2.67 bits per heavy atom. The van der Waals surface area contributed by atoms with E-state index in [0.717, 1.165) is 5.01 Å². The first-order valence-corrected chi connectivity index (χ1v) is 7.71. The van der Waals surface area contributed by atoms with Crippen LogP contribution >= 0.6 is 0 Å². The molecule has 0 spiro atoms. The van der Waals surface area contributed by atoms with Crippen molar-refractivity contribution in [1.82, 2.24) is 10.4 Å². The number of aliphatic hydroxyl groups excluding tert-OH is 1. The molecule has 2 unspecified atom stereocenters. The van der Waals surface area contributed by atoms with Crippen LogP contribution in [0.3, 0.4) is 0 Å². The SMILES string of the molecule is CCC(=O)NN(C(C)=O)C1c2cc(C#N)ccc2OC(C)(C)C1O. The zero-order valence-electron chi connectivity index (χ0n) is 14.2. The van der Waals surface area contributed by atoms with E-state index in [1.54, 1.807) is 39.0 Å². The molecular formula is C17H21N3O4. The minimum Gasteiger partial charge on any atom is -0.485 e. The molecule has 2 amide bonds. The predicted molar refractivity (Wildman–Crippen MR) is 85.6 cm³/mol. The summed E-state index contributed by atoms with van der Waals surface area (Å²) in [7, 11) is 0. The van der Waals surface area contributed by atoms with Crippen LogP contribution in [0.2, 0.25) is 0 Å². The average molecular weight is 331 g/mol. The normalized spacial score (nSPS) is 21.0. The van der Waals surface area contributed by atoms with Crippen LogP contribution in [0, 0.1) is 11.3 Å². The number of carbonyl (C=O) groups is 2. The maximum Gasteiger partial charge on any atom is 0.238 e. The molecule has 0 aromatic heterocycles. The van der Waals surface area contributed by atoms with Crippen molar-refractivity contribution in [3.05, 3.63) is 29.3 Å². The fourth-order valence-corrected chi connectivity index (χ4v) is 2.67. The number of nitrogens with one attached hydrogen (secondary N) is 1. The van der Waals surface area contributed by atoms with Gasteiger partial charge in [-0.3, -0.25) is 15.0 Å². The molecule has 1 aliphatic heterocycles. The number of nitriles is 1. The van der Waals surface area contributed by atoms with Crippen molar-refractivity contribution in [3.63, 3.8) is 0 Å². The lowest BCUT2D eigenvalue weighted by atomic mass is 9.85. The average Bonchev–Trinajstić information content (AvgIpc) is 2.53. The second-order valence-corrected chi connectivity index (χ2v) is 6.24. The van der Waals surface area contributed by atoms with E-state index in [2.05, 4.69) is 5.43 Å². The molecule has 0 aliphatic carbocycles. The molecule has 2 N–H and O–H groups in total. The van der Waals surface area contributed by atoms with Crippen LogP contribution in [0.4, 0.5) is 0 Å². The third-order valence-electron chi connectivity index (χ3n) is 4.03. The lowest BCUT2D eigenvalue weighted by molar-refractivity contribution is -0.155. The number of benzene rings is 1. The first-order valence-electron chi connectivity index (χ1n) is 7.71. The van der Waals surface area contributed by atoms with Crippen LogP contribution in [0.5, 0.6) is 5.75 Å². The highest BCUT2D eigenvalue weighted by Crippen LogP contribution is 2.42. The number of hydrazine groups is 1. The molecule has 0 fully saturated rings. The van der Waals surface area contributed by atoms with E-state index in [0.29, 0.717) is 16.9 Å². The molecule has 1 heterocycles. The second-order valence-electron chi connectivity index (χ2n) is 6.24. The molecule has 0 bridgehead atoms. The van der Waals surface area contributed by atoms with Gasteiger partial charge in [0.15, 0.2) is 0 Å². The lowest BCUT2D eigenvalue weighted by Crippen LogP contribution is -2.58. The highest BCUT2D eigenvalue weighted by Gasteiger charge is 2.47. The van der Waals surface area contributed by atoms with Gasteiger partial charge in [0.1, 0.15) is 23.5 Å². The number of rotatable bonds is 2. The molecule has 7 heteroatoms. The zero-order chi connectivity index (χ0) is 18.1. The molecule has 1 aliphatic rings. The van der Waals surface area contributed by atoms with E-state index >= 15 is 0 Å². The Balaban J connectivity index is 2.58.